The predicted molar refractivity (Wildman–Crippen MR) is 81.3 cm³/mol. The van der Waals surface area contributed by atoms with Crippen molar-refractivity contribution in [2.75, 3.05) is 0 Å². The maximum Gasteiger partial charge on any atom is 0.0929 e. The summed E-state index contributed by atoms with van der Waals surface area (Å²) < 4.78 is 0. The number of aromatic nitrogens is 3. The van der Waals surface area contributed by atoms with Crippen LogP contribution in [0.1, 0.15) is 0 Å². The van der Waals surface area contributed by atoms with Crippen LogP contribution in [0.3, 0.4) is 0 Å². The second-order valence-corrected chi connectivity index (χ2v) is 4.29. The Morgan fingerprint density at radius 2 is 1.20 bits per heavy atom. The van der Waals surface area contributed by atoms with Crippen molar-refractivity contribution in [1.82, 2.24) is 15.2 Å². The minimum Gasteiger partial charge on any atom is -0.256 e. The fraction of sp³-hybridized carbons (Fsp3) is 0. The molecule has 96 valence electrons. The number of hydrogen-bond acceptors (Lipinski definition) is 3. The number of hydrogen-bond donors (Lipinski definition) is 0. The minimum absolute atomic E-state index is 0.949. The Kier molecular flexibility index (Phi) is 3.60. The Morgan fingerprint density at radius 3 is 1.95 bits per heavy atom. The summed E-state index contributed by atoms with van der Waals surface area (Å²) in [5.41, 5.74) is 2.01. The van der Waals surface area contributed by atoms with Crippen molar-refractivity contribution in [3.63, 3.8) is 0 Å². The van der Waals surface area contributed by atoms with Crippen LogP contribution in [0.5, 0.6) is 0 Å². The maximum absolute atomic E-state index is 4.18. The number of fused-ring (bicyclic) bond motifs is 2. The molecule has 3 heteroatoms. The summed E-state index contributed by atoms with van der Waals surface area (Å²) >= 11 is 0. The van der Waals surface area contributed by atoms with Gasteiger partial charge in [0, 0.05) is 17.0 Å². The van der Waals surface area contributed by atoms with Gasteiger partial charge in [0.15, 0.2) is 0 Å². The first-order valence-electron chi connectivity index (χ1n) is 6.40. The van der Waals surface area contributed by atoms with Gasteiger partial charge in [-0.15, -0.1) is 0 Å². The average Bonchev–Trinajstić information content (AvgIpc) is 2.56. The monoisotopic (exact) mass is 259 g/mol. The number of para-hydroxylation sites is 1. The first-order chi connectivity index (χ1) is 9.93. The van der Waals surface area contributed by atoms with E-state index in [-0.39, 0.29) is 0 Å². The molecule has 0 aliphatic carbocycles. The van der Waals surface area contributed by atoms with Gasteiger partial charge in [0.25, 0.3) is 0 Å². The molecule has 20 heavy (non-hydrogen) atoms. The fourth-order valence-electron chi connectivity index (χ4n) is 1.94. The molecule has 0 saturated heterocycles. The molecule has 0 aliphatic heterocycles. The summed E-state index contributed by atoms with van der Waals surface area (Å²) in [6, 6.07) is 21.9. The summed E-state index contributed by atoms with van der Waals surface area (Å²) in [5.74, 6) is 0. The lowest BCUT2D eigenvalue weighted by molar-refractivity contribution is 1.08. The normalized spacial score (nSPS) is 10.0. The van der Waals surface area contributed by atoms with Gasteiger partial charge in [0.2, 0.25) is 0 Å². The molecule has 0 unspecified atom stereocenters. The van der Waals surface area contributed by atoms with Crippen molar-refractivity contribution in [3.8, 4) is 0 Å². The zero-order valence-electron chi connectivity index (χ0n) is 10.8. The van der Waals surface area contributed by atoms with E-state index < -0.39 is 0 Å². The molecule has 0 N–H and O–H groups in total. The van der Waals surface area contributed by atoms with Gasteiger partial charge >= 0.3 is 0 Å². The Bertz CT molecular complexity index is 625. The molecule has 2 heterocycles. The van der Waals surface area contributed by atoms with Gasteiger partial charge in [-0.25, -0.2) is 0 Å². The largest absolute Gasteiger partial charge is 0.256 e. The highest BCUT2D eigenvalue weighted by Crippen LogP contribution is 2.08. The Morgan fingerprint density at radius 1 is 0.550 bits per heavy atom. The predicted octanol–water partition coefficient (Wildman–Crippen LogP) is 3.86. The van der Waals surface area contributed by atoms with E-state index in [0.717, 1.165) is 16.4 Å². The molecule has 0 spiro atoms. The van der Waals surface area contributed by atoms with Crippen molar-refractivity contribution in [1.29, 1.82) is 0 Å². The molecule has 0 saturated carbocycles. The van der Waals surface area contributed by atoms with Crippen LogP contribution in [0.25, 0.3) is 21.8 Å². The molecule has 0 radical (unpaired) electrons. The summed E-state index contributed by atoms with van der Waals surface area (Å²) in [5, 5.41) is 10.0. The fourth-order valence-corrected chi connectivity index (χ4v) is 1.94. The maximum atomic E-state index is 4.18. The highest BCUT2D eigenvalue weighted by atomic mass is 15.1. The highest BCUT2D eigenvalue weighted by molar-refractivity contribution is 5.78. The van der Waals surface area contributed by atoms with Crippen molar-refractivity contribution < 1.29 is 0 Å². The Hall–Kier alpha value is -2.81. The average molecular weight is 259 g/mol. The van der Waals surface area contributed by atoms with Crippen molar-refractivity contribution in [2.45, 2.75) is 0 Å². The second-order valence-electron chi connectivity index (χ2n) is 4.29. The molecule has 3 nitrogen and oxygen atoms in total. The molecule has 0 aliphatic rings. The quantitative estimate of drug-likeness (QED) is 0.481. The van der Waals surface area contributed by atoms with Crippen LogP contribution in [-0.4, -0.2) is 15.2 Å². The number of nitrogens with zero attached hydrogens (tertiary/aromatic N) is 3. The summed E-state index contributed by atoms with van der Waals surface area (Å²) in [7, 11) is 0. The van der Waals surface area contributed by atoms with Crippen LogP contribution in [0, 0.1) is 0 Å². The molecular weight excluding hydrogens is 246 g/mol. The van der Waals surface area contributed by atoms with Gasteiger partial charge in [-0.1, -0.05) is 42.5 Å². The van der Waals surface area contributed by atoms with Crippen molar-refractivity contribution in [2.24, 2.45) is 0 Å². The third-order valence-corrected chi connectivity index (χ3v) is 2.94. The topological polar surface area (TPSA) is 38.7 Å². The van der Waals surface area contributed by atoms with Crippen molar-refractivity contribution in [3.05, 3.63) is 79.1 Å². The highest BCUT2D eigenvalue weighted by Gasteiger charge is 1.88. The Balaban J connectivity index is 0.000000121. The van der Waals surface area contributed by atoms with Gasteiger partial charge < -0.3 is 0 Å². The summed E-state index contributed by atoms with van der Waals surface area (Å²) in [6.45, 7) is 0. The van der Waals surface area contributed by atoms with Crippen LogP contribution in [-0.2, 0) is 0 Å². The van der Waals surface area contributed by atoms with Gasteiger partial charge in [-0.3, -0.25) is 4.98 Å². The first kappa shape index (κ1) is 12.2. The SMILES string of the molecule is c1ccc2ncccc2c1.c1ccc2nnccc2c1. The second kappa shape index (κ2) is 5.89. The molecule has 4 rings (SSSR count). The minimum atomic E-state index is 0.949. The molecule has 0 atom stereocenters. The third-order valence-electron chi connectivity index (χ3n) is 2.94. The lowest BCUT2D eigenvalue weighted by Gasteiger charge is -1.91. The van der Waals surface area contributed by atoms with Crippen molar-refractivity contribution >= 4 is 21.8 Å². The summed E-state index contributed by atoms with van der Waals surface area (Å²) in [4.78, 5) is 4.18. The first-order valence-corrected chi connectivity index (χ1v) is 6.40. The molecule has 4 aromatic rings. The lowest BCUT2D eigenvalue weighted by Crippen LogP contribution is -1.79. The van der Waals surface area contributed by atoms with Crippen LogP contribution >= 0.6 is 0 Å². The van der Waals surface area contributed by atoms with Gasteiger partial charge in [-0.2, -0.15) is 10.2 Å². The number of benzene rings is 2. The van der Waals surface area contributed by atoms with E-state index >= 15 is 0 Å². The van der Waals surface area contributed by atoms with E-state index in [4.69, 9.17) is 0 Å². The van der Waals surface area contributed by atoms with E-state index in [9.17, 15) is 0 Å². The van der Waals surface area contributed by atoms with Gasteiger partial charge in [-0.05, 0) is 24.3 Å². The third kappa shape index (κ3) is 2.78. The standard InChI is InChI=1S/C9H7N.C8H6N2/c1-2-6-9-8(4-1)5-3-7-10-9;1-2-4-8-7(3-1)5-6-9-10-8/h1-7H;1-6H. The van der Waals surface area contributed by atoms with E-state index in [1.165, 1.54) is 5.39 Å². The van der Waals surface area contributed by atoms with E-state index in [1.807, 2.05) is 60.8 Å². The van der Waals surface area contributed by atoms with E-state index in [0.29, 0.717) is 0 Å². The molecule has 2 aromatic carbocycles. The van der Waals surface area contributed by atoms with Crippen LogP contribution in [0.15, 0.2) is 79.1 Å². The number of rotatable bonds is 0. The smallest absolute Gasteiger partial charge is 0.0929 e. The molecule has 0 fully saturated rings. The van der Waals surface area contributed by atoms with Gasteiger partial charge in [0.1, 0.15) is 0 Å². The zero-order valence-corrected chi connectivity index (χ0v) is 10.8. The lowest BCUT2D eigenvalue weighted by atomic mass is 10.2. The molecule has 0 amide bonds. The molecule has 0 bridgehead atoms. The Labute approximate surface area is 116 Å². The molecule has 2 aromatic heterocycles. The summed E-state index contributed by atoms with van der Waals surface area (Å²) in [6.07, 6.45) is 3.50. The number of pyridine rings is 1. The van der Waals surface area contributed by atoms with Gasteiger partial charge in [0.05, 0.1) is 17.2 Å². The molecular formula is C17H13N3. The van der Waals surface area contributed by atoms with Crippen LogP contribution in [0.4, 0.5) is 0 Å². The zero-order chi connectivity index (χ0) is 13.6. The van der Waals surface area contributed by atoms with E-state index in [1.54, 1.807) is 6.20 Å². The van der Waals surface area contributed by atoms with Crippen LogP contribution < -0.4 is 0 Å². The van der Waals surface area contributed by atoms with Crippen LogP contribution in [0.2, 0.25) is 0 Å². The van der Waals surface area contributed by atoms with E-state index in [2.05, 4.69) is 27.3 Å².